The number of likely N-dealkylation sites (N-methyl/N-ethyl adjacent to an activating group) is 1. The van der Waals surface area contributed by atoms with Gasteiger partial charge in [-0.05, 0) is 24.5 Å². The highest BCUT2D eigenvalue weighted by Crippen LogP contribution is 2.30. The topological polar surface area (TPSA) is 40.6 Å². The number of fused-ring (bicyclic) bond motifs is 1. The van der Waals surface area contributed by atoms with E-state index in [0.29, 0.717) is 12.8 Å². The van der Waals surface area contributed by atoms with E-state index in [2.05, 4.69) is 6.07 Å². The lowest BCUT2D eigenvalue weighted by molar-refractivity contribution is -0.132. The van der Waals surface area contributed by atoms with Crippen molar-refractivity contribution < 1.29 is 9.59 Å². The van der Waals surface area contributed by atoms with Crippen LogP contribution in [0.3, 0.4) is 0 Å². The molecule has 18 heavy (non-hydrogen) atoms. The van der Waals surface area contributed by atoms with Crippen LogP contribution >= 0.6 is 0 Å². The molecule has 0 aromatic heterocycles. The monoisotopic (exact) mass is 244 g/mol. The molecule has 1 fully saturated rings. The Kier molecular flexibility index (Phi) is 2.58. The first-order valence-electron chi connectivity index (χ1n) is 6.33. The molecule has 0 bridgehead atoms. The molecule has 1 saturated heterocycles. The number of rotatable bonds is 1. The molecule has 2 aliphatic rings. The van der Waals surface area contributed by atoms with Gasteiger partial charge in [0.05, 0.1) is 0 Å². The molecule has 4 nitrogen and oxygen atoms in total. The zero-order valence-corrected chi connectivity index (χ0v) is 10.4. The van der Waals surface area contributed by atoms with Crippen molar-refractivity contribution in [1.82, 2.24) is 4.90 Å². The van der Waals surface area contributed by atoms with Crippen LogP contribution in [0, 0.1) is 0 Å². The number of hydrogen-bond acceptors (Lipinski definition) is 2. The van der Waals surface area contributed by atoms with Crippen molar-refractivity contribution in [2.75, 3.05) is 18.5 Å². The second-order valence-electron chi connectivity index (χ2n) is 4.93. The summed E-state index contributed by atoms with van der Waals surface area (Å²) in [6.45, 7) is 0.733. The van der Waals surface area contributed by atoms with Crippen LogP contribution in [-0.2, 0) is 16.0 Å². The van der Waals surface area contributed by atoms with Gasteiger partial charge in [-0.1, -0.05) is 18.2 Å². The van der Waals surface area contributed by atoms with Crippen molar-refractivity contribution >= 4 is 17.5 Å². The fraction of sp³-hybridized carbons (Fsp3) is 0.429. The maximum atomic E-state index is 12.5. The van der Waals surface area contributed by atoms with Gasteiger partial charge in [0.1, 0.15) is 6.04 Å². The Morgan fingerprint density at radius 2 is 2.06 bits per heavy atom. The highest BCUT2D eigenvalue weighted by atomic mass is 16.2. The molecule has 1 aromatic carbocycles. The smallest absolute Gasteiger partial charge is 0.249 e. The van der Waals surface area contributed by atoms with E-state index in [-0.39, 0.29) is 17.9 Å². The normalized spacial score (nSPS) is 22.5. The maximum Gasteiger partial charge on any atom is 0.249 e. The van der Waals surface area contributed by atoms with E-state index in [1.54, 1.807) is 11.9 Å². The van der Waals surface area contributed by atoms with Crippen molar-refractivity contribution in [1.29, 1.82) is 0 Å². The van der Waals surface area contributed by atoms with E-state index in [9.17, 15) is 9.59 Å². The Morgan fingerprint density at radius 3 is 2.78 bits per heavy atom. The SMILES string of the molecule is CN1C(=O)CCC1C(=O)N1CCc2ccccc21. The van der Waals surface area contributed by atoms with Crippen molar-refractivity contribution in [3.63, 3.8) is 0 Å². The lowest BCUT2D eigenvalue weighted by Gasteiger charge is -2.25. The van der Waals surface area contributed by atoms with E-state index in [0.717, 1.165) is 18.7 Å². The van der Waals surface area contributed by atoms with Gasteiger partial charge in [-0.15, -0.1) is 0 Å². The Bertz CT molecular complexity index is 512. The summed E-state index contributed by atoms with van der Waals surface area (Å²) in [4.78, 5) is 27.4. The van der Waals surface area contributed by atoms with Crippen LogP contribution in [0.4, 0.5) is 5.69 Å². The third-order valence-corrected chi connectivity index (χ3v) is 3.93. The van der Waals surface area contributed by atoms with Crippen molar-refractivity contribution in [2.24, 2.45) is 0 Å². The highest BCUT2D eigenvalue weighted by molar-refractivity contribution is 6.02. The number of nitrogens with zero attached hydrogens (tertiary/aromatic N) is 2. The van der Waals surface area contributed by atoms with Gasteiger partial charge in [0.25, 0.3) is 0 Å². The number of amides is 2. The molecule has 2 aliphatic heterocycles. The summed E-state index contributed by atoms with van der Waals surface area (Å²) >= 11 is 0. The summed E-state index contributed by atoms with van der Waals surface area (Å²) in [5.41, 5.74) is 2.23. The Hall–Kier alpha value is -1.84. The van der Waals surface area contributed by atoms with E-state index < -0.39 is 0 Å². The fourth-order valence-corrected chi connectivity index (χ4v) is 2.84. The zero-order chi connectivity index (χ0) is 12.7. The largest absolute Gasteiger partial charge is 0.334 e. The summed E-state index contributed by atoms with van der Waals surface area (Å²) in [7, 11) is 1.72. The molecule has 0 radical (unpaired) electrons. The third-order valence-electron chi connectivity index (χ3n) is 3.93. The maximum absolute atomic E-state index is 12.5. The minimum Gasteiger partial charge on any atom is -0.334 e. The quantitative estimate of drug-likeness (QED) is 0.744. The van der Waals surface area contributed by atoms with Crippen LogP contribution < -0.4 is 4.90 Å². The highest BCUT2D eigenvalue weighted by Gasteiger charge is 2.37. The van der Waals surface area contributed by atoms with Crippen molar-refractivity contribution in [2.45, 2.75) is 25.3 Å². The standard InChI is InChI=1S/C14H16N2O2/c1-15-12(6-7-13(15)17)14(18)16-9-8-10-4-2-3-5-11(10)16/h2-5,12H,6-9H2,1H3. The summed E-state index contributed by atoms with van der Waals surface area (Å²) in [5, 5.41) is 0. The van der Waals surface area contributed by atoms with Gasteiger partial charge in [0.15, 0.2) is 0 Å². The van der Waals surface area contributed by atoms with E-state index >= 15 is 0 Å². The lowest BCUT2D eigenvalue weighted by Crippen LogP contribution is -2.44. The zero-order valence-electron chi connectivity index (χ0n) is 10.4. The minimum atomic E-state index is -0.274. The van der Waals surface area contributed by atoms with Crippen LogP contribution in [0.25, 0.3) is 0 Å². The van der Waals surface area contributed by atoms with E-state index in [4.69, 9.17) is 0 Å². The molecule has 1 aromatic rings. The molecule has 4 heteroatoms. The second-order valence-corrected chi connectivity index (χ2v) is 4.93. The Labute approximate surface area is 106 Å². The molecule has 0 N–H and O–H groups in total. The van der Waals surface area contributed by atoms with Crippen molar-refractivity contribution in [3.8, 4) is 0 Å². The van der Waals surface area contributed by atoms with Crippen LogP contribution in [-0.4, -0.2) is 36.3 Å². The van der Waals surface area contributed by atoms with Gasteiger partial charge in [-0.2, -0.15) is 0 Å². The number of carbonyl (C=O) groups is 2. The molecule has 0 aliphatic carbocycles. The molecule has 3 rings (SSSR count). The number of hydrogen-bond donors (Lipinski definition) is 0. The predicted octanol–water partition coefficient (Wildman–Crippen LogP) is 1.20. The van der Waals surface area contributed by atoms with Crippen molar-refractivity contribution in [3.05, 3.63) is 29.8 Å². The van der Waals surface area contributed by atoms with E-state index in [1.807, 2.05) is 23.1 Å². The molecule has 1 atom stereocenters. The molecule has 0 saturated carbocycles. The van der Waals surface area contributed by atoms with Crippen LogP contribution in [0.2, 0.25) is 0 Å². The minimum absolute atomic E-state index is 0.0632. The molecular weight excluding hydrogens is 228 g/mol. The molecule has 0 spiro atoms. The van der Waals surface area contributed by atoms with Gasteiger partial charge in [-0.3, -0.25) is 9.59 Å². The average molecular weight is 244 g/mol. The van der Waals surface area contributed by atoms with Gasteiger partial charge in [0, 0.05) is 25.7 Å². The van der Waals surface area contributed by atoms with Gasteiger partial charge in [-0.25, -0.2) is 0 Å². The first-order valence-corrected chi connectivity index (χ1v) is 6.33. The van der Waals surface area contributed by atoms with Gasteiger partial charge in [0.2, 0.25) is 11.8 Å². The summed E-state index contributed by atoms with van der Waals surface area (Å²) in [6.07, 6.45) is 2.04. The summed E-state index contributed by atoms with van der Waals surface area (Å²) in [6, 6.07) is 7.72. The fourth-order valence-electron chi connectivity index (χ4n) is 2.84. The molecule has 1 unspecified atom stereocenters. The number of likely N-dealkylation sites (tertiary alicyclic amines) is 1. The van der Waals surface area contributed by atoms with Crippen LogP contribution in [0.5, 0.6) is 0 Å². The van der Waals surface area contributed by atoms with E-state index in [1.165, 1.54) is 5.56 Å². The number of anilines is 1. The van der Waals surface area contributed by atoms with Crippen LogP contribution in [0.15, 0.2) is 24.3 Å². The first-order chi connectivity index (χ1) is 8.68. The number of benzene rings is 1. The lowest BCUT2D eigenvalue weighted by atomic mass is 10.1. The number of carbonyl (C=O) groups excluding carboxylic acids is 2. The van der Waals surface area contributed by atoms with Crippen LogP contribution in [0.1, 0.15) is 18.4 Å². The van der Waals surface area contributed by atoms with Gasteiger partial charge < -0.3 is 9.80 Å². The summed E-state index contributed by atoms with van der Waals surface area (Å²) in [5.74, 6) is 0.133. The molecule has 2 heterocycles. The first kappa shape index (κ1) is 11.3. The predicted molar refractivity (Wildman–Crippen MR) is 68.3 cm³/mol. The third kappa shape index (κ3) is 1.60. The Morgan fingerprint density at radius 1 is 1.28 bits per heavy atom. The molecule has 2 amide bonds. The second kappa shape index (κ2) is 4.12. The van der Waals surface area contributed by atoms with Gasteiger partial charge >= 0.3 is 0 Å². The Balaban J connectivity index is 1.85. The number of para-hydroxylation sites is 1. The average Bonchev–Trinajstić information content (AvgIpc) is 2.94. The molecular formula is C14H16N2O2. The summed E-state index contributed by atoms with van der Waals surface area (Å²) < 4.78 is 0. The molecule has 94 valence electrons.